The minimum atomic E-state index is 0.431. The Morgan fingerprint density at radius 3 is 2.56 bits per heavy atom. The standard InChI is InChI=1S/C12H22N4/c1-11(7-4-2-3-5-8-13)16-12-14-9-6-10-15-12/h6,9-11H,2-5,7-8,13H2,1H3,(H,14,15,16). The number of nitrogens with two attached hydrogens (primary N) is 1. The second-order valence-corrected chi connectivity index (χ2v) is 4.11. The molecule has 0 aliphatic carbocycles. The lowest BCUT2D eigenvalue weighted by Gasteiger charge is -2.12. The number of nitrogens with zero attached hydrogens (tertiary/aromatic N) is 2. The molecular formula is C12H22N4. The van der Waals surface area contributed by atoms with Gasteiger partial charge in [-0.25, -0.2) is 9.97 Å². The topological polar surface area (TPSA) is 63.8 Å². The molecule has 0 amide bonds. The molecule has 0 saturated carbocycles. The molecule has 3 N–H and O–H groups in total. The van der Waals surface area contributed by atoms with Gasteiger partial charge in [0.1, 0.15) is 0 Å². The summed E-state index contributed by atoms with van der Waals surface area (Å²) in [5.41, 5.74) is 5.44. The van der Waals surface area contributed by atoms with Gasteiger partial charge in [0.05, 0.1) is 0 Å². The van der Waals surface area contributed by atoms with Gasteiger partial charge in [0.2, 0.25) is 5.95 Å². The van der Waals surface area contributed by atoms with Crippen molar-refractivity contribution >= 4 is 5.95 Å². The maximum atomic E-state index is 5.44. The van der Waals surface area contributed by atoms with E-state index in [2.05, 4.69) is 22.2 Å². The average Bonchev–Trinajstić information content (AvgIpc) is 2.30. The minimum Gasteiger partial charge on any atom is -0.352 e. The Hall–Kier alpha value is -1.16. The Morgan fingerprint density at radius 2 is 1.88 bits per heavy atom. The molecule has 1 atom stereocenters. The average molecular weight is 222 g/mol. The predicted molar refractivity (Wildman–Crippen MR) is 67.3 cm³/mol. The molecule has 0 radical (unpaired) electrons. The fourth-order valence-corrected chi connectivity index (χ4v) is 1.61. The lowest BCUT2D eigenvalue weighted by molar-refractivity contribution is 0.583. The highest BCUT2D eigenvalue weighted by Gasteiger charge is 2.02. The van der Waals surface area contributed by atoms with Crippen LogP contribution in [0, 0.1) is 0 Å². The first-order chi connectivity index (χ1) is 7.83. The van der Waals surface area contributed by atoms with Crippen LogP contribution in [0.5, 0.6) is 0 Å². The van der Waals surface area contributed by atoms with Gasteiger partial charge in [0.25, 0.3) is 0 Å². The molecule has 0 saturated heterocycles. The Labute approximate surface area is 97.7 Å². The van der Waals surface area contributed by atoms with E-state index in [1.807, 2.05) is 6.07 Å². The largest absolute Gasteiger partial charge is 0.352 e. The van der Waals surface area contributed by atoms with Gasteiger partial charge >= 0.3 is 0 Å². The van der Waals surface area contributed by atoms with Crippen LogP contribution in [0.25, 0.3) is 0 Å². The second kappa shape index (κ2) is 8.05. The summed E-state index contributed by atoms with van der Waals surface area (Å²) in [5.74, 6) is 0.719. The maximum Gasteiger partial charge on any atom is 0.222 e. The number of hydrogen-bond donors (Lipinski definition) is 2. The minimum absolute atomic E-state index is 0.431. The van der Waals surface area contributed by atoms with Crippen molar-refractivity contribution in [2.45, 2.75) is 45.1 Å². The van der Waals surface area contributed by atoms with Crippen LogP contribution in [-0.4, -0.2) is 22.6 Å². The van der Waals surface area contributed by atoms with Crippen LogP contribution in [0.1, 0.15) is 39.0 Å². The van der Waals surface area contributed by atoms with Crippen molar-refractivity contribution in [2.24, 2.45) is 5.73 Å². The number of anilines is 1. The predicted octanol–water partition coefficient (Wildman–Crippen LogP) is 2.19. The Kier molecular flexibility index (Phi) is 6.49. The summed E-state index contributed by atoms with van der Waals surface area (Å²) < 4.78 is 0. The van der Waals surface area contributed by atoms with Gasteiger partial charge in [-0.05, 0) is 32.4 Å². The van der Waals surface area contributed by atoms with Gasteiger partial charge in [-0.2, -0.15) is 0 Å². The third-order valence-electron chi connectivity index (χ3n) is 2.53. The summed E-state index contributed by atoms with van der Waals surface area (Å²) in [4.78, 5) is 8.28. The molecule has 0 spiro atoms. The molecule has 1 rings (SSSR count). The summed E-state index contributed by atoms with van der Waals surface area (Å²) in [6.45, 7) is 2.98. The number of unbranched alkanes of at least 4 members (excludes halogenated alkanes) is 3. The lowest BCUT2D eigenvalue weighted by atomic mass is 10.1. The molecule has 4 heteroatoms. The van der Waals surface area contributed by atoms with Crippen LogP contribution in [0.4, 0.5) is 5.95 Å². The molecule has 0 aromatic carbocycles. The molecule has 1 aromatic heterocycles. The maximum absolute atomic E-state index is 5.44. The van der Waals surface area contributed by atoms with Crippen LogP contribution in [0.3, 0.4) is 0 Å². The van der Waals surface area contributed by atoms with Crippen LogP contribution < -0.4 is 11.1 Å². The van der Waals surface area contributed by atoms with Gasteiger partial charge < -0.3 is 11.1 Å². The summed E-state index contributed by atoms with van der Waals surface area (Å²) in [7, 11) is 0. The zero-order chi connectivity index (χ0) is 11.6. The molecule has 1 aromatic rings. The first-order valence-electron chi connectivity index (χ1n) is 6.06. The van der Waals surface area contributed by atoms with Crippen LogP contribution in [-0.2, 0) is 0 Å². The smallest absolute Gasteiger partial charge is 0.222 e. The molecule has 0 aliphatic rings. The van der Waals surface area contributed by atoms with E-state index in [1.54, 1.807) is 12.4 Å². The van der Waals surface area contributed by atoms with E-state index < -0.39 is 0 Å². The van der Waals surface area contributed by atoms with Crippen LogP contribution in [0.15, 0.2) is 18.5 Å². The molecule has 1 heterocycles. The summed E-state index contributed by atoms with van der Waals surface area (Å²) in [5, 5.41) is 3.29. The molecular weight excluding hydrogens is 200 g/mol. The number of hydrogen-bond acceptors (Lipinski definition) is 4. The number of rotatable bonds is 8. The van der Waals surface area contributed by atoms with Crippen molar-refractivity contribution in [3.8, 4) is 0 Å². The van der Waals surface area contributed by atoms with E-state index >= 15 is 0 Å². The van der Waals surface area contributed by atoms with Crippen molar-refractivity contribution < 1.29 is 0 Å². The zero-order valence-corrected chi connectivity index (χ0v) is 10.0. The molecule has 0 fully saturated rings. The third kappa shape index (κ3) is 5.66. The molecule has 0 bridgehead atoms. The first kappa shape index (κ1) is 12.9. The fraction of sp³-hybridized carbons (Fsp3) is 0.667. The first-order valence-corrected chi connectivity index (χ1v) is 6.06. The molecule has 1 unspecified atom stereocenters. The third-order valence-corrected chi connectivity index (χ3v) is 2.53. The van der Waals surface area contributed by atoms with Crippen molar-refractivity contribution in [1.82, 2.24) is 9.97 Å². The lowest BCUT2D eigenvalue weighted by Crippen LogP contribution is -2.16. The van der Waals surface area contributed by atoms with Crippen LogP contribution >= 0.6 is 0 Å². The van der Waals surface area contributed by atoms with E-state index in [4.69, 9.17) is 5.73 Å². The van der Waals surface area contributed by atoms with Crippen molar-refractivity contribution in [2.75, 3.05) is 11.9 Å². The highest BCUT2D eigenvalue weighted by Crippen LogP contribution is 2.08. The van der Waals surface area contributed by atoms with Gasteiger partial charge in [-0.1, -0.05) is 19.3 Å². The summed E-state index contributed by atoms with van der Waals surface area (Å²) in [6.07, 6.45) is 9.55. The fourth-order valence-electron chi connectivity index (χ4n) is 1.61. The van der Waals surface area contributed by atoms with Gasteiger partial charge in [-0.3, -0.25) is 0 Å². The van der Waals surface area contributed by atoms with Gasteiger partial charge in [-0.15, -0.1) is 0 Å². The van der Waals surface area contributed by atoms with E-state index in [0.717, 1.165) is 25.3 Å². The van der Waals surface area contributed by atoms with E-state index in [1.165, 1.54) is 19.3 Å². The highest BCUT2D eigenvalue weighted by molar-refractivity contribution is 5.23. The number of aromatic nitrogens is 2. The second-order valence-electron chi connectivity index (χ2n) is 4.11. The Morgan fingerprint density at radius 1 is 1.19 bits per heavy atom. The molecule has 90 valence electrons. The van der Waals surface area contributed by atoms with Crippen LogP contribution in [0.2, 0.25) is 0 Å². The monoisotopic (exact) mass is 222 g/mol. The van der Waals surface area contributed by atoms with E-state index in [-0.39, 0.29) is 0 Å². The normalized spacial score (nSPS) is 12.4. The summed E-state index contributed by atoms with van der Waals surface area (Å²) >= 11 is 0. The molecule has 16 heavy (non-hydrogen) atoms. The summed E-state index contributed by atoms with van der Waals surface area (Å²) in [6, 6.07) is 2.25. The molecule has 4 nitrogen and oxygen atoms in total. The SMILES string of the molecule is CC(CCCCCCN)Nc1ncccn1. The van der Waals surface area contributed by atoms with Crippen molar-refractivity contribution in [1.29, 1.82) is 0 Å². The van der Waals surface area contributed by atoms with E-state index in [9.17, 15) is 0 Å². The zero-order valence-electron chi connectivity index (χ0n) is 10.0. The molecule has 0 aliphatic heterocycles. The van der Waals surface area contributed by atoms with Gasteiger partial charge in [0, 0.05) is 18.4 Å². The quantitative estimate of drug-likeness (QED) is 0.662. The van der Waals surface area contributed by atoms with Gasteiger partial charge in [0.15, 0.2) is 0 Å². The highest BCUT2D eigenvalue weighted by atomic mass is 15.1. The Bertz CT molecular complexity index is 263. The van der Waals surface area contributed by atoms with Crippen molar-refractivity contribution in [3.05, 3.63) is 18.5 Å². The van der Waals surface area contributed by atoms with Crippen molar-refractivity contribution in [3.63, 3.8) is 0 Å². The number of nitrogens with one attached hydrogen (secondary N) is 1. The Balaban J connectivity index is 2.09. The van der Waals surface area contributed by atoms with E-state index in [0.29, 0.717) is 6.04 Å².